The first-order valence-corrected chi connectivity index (χ1v) is 13.6. The van der Waals surface area contributed by atoms with Gasteiger partial charge in [-0.1, -0.05) is 6.07 Å². The van der Waals surface area contributed by atoms with Crippen molar-refractivity contribution in [2.45, 2.75) is 19.0 Å². The van der Waals surface area contributed by atoms with E-state index in [-0.39, 0.29) is 17.8 Å². The van der Waals surface area contributed by atoms with E-state index in [4.69, 9.17) is 12.2 Å². The smallest absolute Gasteiger partial charge is 0.229 e. The van der Waals surface area contributed by atoms with E-state index in [2.05, 4.69) is 19.6 Å². The predicted molar refractivity (Wildman–Crippen MR) is 145 cm³/mol. The Bertz CT molecular complexity index is 1520. The molecule has 0 aliphatic carbocycles. The highest BCUT2D eigenvalue weighted by Gasteiger charge is 2.42. The molecule has 36 heavy (non-hydrogen) atoms. The Morgan fingerprint density at radius 1 is 1.03 bits per heavy atom. The van der Waals surface area contributed by atoms with Crippen molar-refractivity contribution in [2.75, 3.05) is 15.9 Å². The molecule has 5 rings (SSSR count). The normalized spacial score (nSPS) is 17.7. The van der Waals surface area contributed by atoms with Gasteiger partial charge in [-0.2, -0.15) is 0 Å². The van der Waals surface area contributed by atoms with Gasteiger partial charge in [-0.25, -0.2) is 8.42 Å². The zero-order valence-corrected chi connectivity index (χ0v) is 21.3. The molecule has 2 aromatic carbocycles. The minimum absolute atomic E-state index is 0.197. The Labute approximate surface area is 215 Å². The number of hydrogen-bond acceptors (Lipinski definition) is 5. The van der Waals surface area contributed by atoms with E-state index >= 15 is 0 Å². The third-order valence-electron chi connectivity index (χ3n) is 6.09. The van der Waals surface area contributed by atoms with E-state index in [9.17, 15) is 13.5 Å². The monoisotopic (exact) mass is 519 g/mol. The second-order valence-electron chi connectivity index (χ2n) is 8.69. The van der Waals surface area contributed by atoms with Gasteiger partial charge >= 0.3 is 0 Å². The summed E-state index contributed by atoms with van der Waals surface area (Å²) in [6.07, 6.45) is 4.86. The number of pyridine rings is 1. The average Bonchev–Trinajstić information content (AvgIpc) is 3.45. The molecule has 0 saturated carbocycles. The molecule has 0 amide bonds. The van der Waals surface area contributed by atoms with Gasteiger partial charge < -0.3 is 19.9 Å². The number of anilines is 2. The largest absolute Gasteiger partial charge is 0.508 e. The maximum atomic E-state index is 11.8. The molecule has 0 spiro atoms. The topological polar surface area (TPSA) is 99.5 Å². The van der Waals surface area contributed by atoms with Crippen molar-refractivity contribution < 1.29 is 13.5 Å². The Morgan fingerprint density at radius 3 is 2.44 bits per heavy atom. The van der Waals surface area contributed by atoms with Crippen molar-refractivity contribution in [3.8, 4) is 11.4 Å². The van der Waals surface area contributed by atoms with Crippen molar-refractivity contribution in [2.24, 2.45) is 0 Å². The van der Waals surface area contributed by atoms with Crippen LogP contribution in [0.15, 0.2) is 85.2 Å². The first-order chi connectivity index (χ1) is 17.2. The number of nitrogens with one attached hydrogen (secondary N) is 2. The number of nitrogens with zero attached hydrogens (tertiary/aromatic N) is 3. The summed E-state index contributed by atoms with van der Waals surface area (Å²) in [5.74, 6) is 0.197. The summed E-state index contributed by atoms with van der Waals surface area (Å²) in [5, 5.41) is 13.8. The maximum absolute atomic E-state index is 11.8. The van der Waals surface area contributed by atoms with Gasteiger partial charge in [0, 0.05) is 29.5 Å². The number of aromatic hydroxyl groups is 1. The molecule has 3 N–H and O–H groups in total. The number of benzene rings is 2. The van der Waals surface area contributed by atoms with Crippen LogP contribution < -0.4 is 14.9 Å². The van der Waals surface area contributed by atoms with Crippen LogP contribution in [0.4, 0.5) is 11.4 Å². The highest BCUT2D eigenvalue weighted by Crippen LogP contribution is 2.43. The van der Waals surface area contributed by atoms with Crippen molar-refractivity contribution in [1.82, 2.24) is 14.9 Å². The minimum atomic E-state index is -3.40. The number of phenolic OH excluding ortho intramolecular Hbond substituents is 1. The molecule has 8 nitrogen and oxygen atoms in total. The minimum Gasteiger partial charge on any atom is -0.508 e. The molecule has 1 fully saturated rings. The first kappa shape index (κ1) is 23.8. The summed E-state index contributed by atoms with van der Waals surface area (Å²) in [7, 11) is -3.40. The van der Waals surface area contributed by atoms with Crippen LogP contribution in [-0.4, -0.2) is 34.4 Å². The van der Waals surface area contributed by atoms with Crippen LogP contribution in [-0.2, 0) is 10.0 Å². The lowest BCUT2D eigenvalue weighted by molar-refractivity contribution is 0.475. The molecule has 1 saturated heterocycles. The zero-order valence-electron chi connectivity index (χ0n) is 19.7. The van der Waals surface area contributed by atoms with Gasteiger partial charge in [0.25, 0.3) is 0 Å². The summed E-state index contributed by atoms with van der Waals surface area (Å²) in [5.41, 5.74) is 4.83. The van der Waals surface area contributed by atoms with Crippen LogP contribution in [0.2, 0.25) is 0 Å². The number of sulfonamides is 1. The van der Waals surface area contributed by atoms with E-state index in [1.165, 1.54) is 0 Å². The molecular formula is C26H25N5O3S2. The summed E-state index contributed by atoms with van der Waals surface area (Å²) in [6, 6.07) is 21.9. The van der Waals surface area contributed by atoms with Gasteiger partial charge in [0.2, 0.25) is 10.0 Å². The fourth-order valence-corrected chi connectivity index (χ4v) is 5.50. The number of aryl methyl sites for hydroxylation is 1. The Kier molecular flexibility index (Phi) is 6.15. The average molecular weight is 520 g/mol. The lowest BCUT2D eigenvalue weighted by Gasteiger charge is -2.29. The van der Waals surface area contributed by atoms with Gasteiger partial charge in [-0.05, 0) is 91.4 Å². The van der Waals surface area contributed by atoms with Crippen LogP contribution in [0.25, 0.3) is 5.69 Å². The van der Waals surface area contributed by atoms with Crippen LogP contribution in [0.1, 0.15) is 29.0 Å². The van der Waals surface area contributed by atoms with Crippen LogP contribution in [0.3, 0.4) is 0 Å². The fourth-order valence-electron chi connectivity index (χ4n) is 4.53. The summed E-state index contributed by atoms with van der Waals surface area (Å²) >= 11 is 5.82. The maximum Gasteiger partial charge on any atom is 0.229 e. The third-order valence-corrected chi connectivity index (χ3v) is 7.00. The summed E-state index contributed by atoms with van der Waals surface area (Å²) in [4.78, 5) is 6.64. The molecule has 0 radical (unpaired) electrons. The number of hydrogen-bond donors (Lipinski definition) is 3. The molecule has 10 heteroatoms. The Morgan fingerprint density at radius 2 is 1.78 bits per heavy atom. The van der Waals surface area contributed by atoms with E-state index in [1.807, 2.05) is 72.6 Å². The van der Waals surface area contributed by atoms with Crippen LogP contribution in [0.5, 0.6) is 5.75 Å². The van der Waals surface area contributed by atoms with Crippen molar-refractivity contribution in [3.63, 3.8) is 0 Å². The van der Waals surface area contributed by atoms with Crippen molar-refractivity contribution in [3.05, 3.63) is 102 Å². The van der Waals surface area contributed by atoms with Gasteiger partial charge in [-0.3, -0.25) is 9.71 Å². The number of rotatable bonds is 6. The molecule has 2 aromatic heterocycles. The number of phenols is 1. The summed E-state index contributed by atoms with van der Waals surface area (Å²) < 4.78 is 28.2. The van der Waals surface area contributed by atoms with E-state index < -0.39 is 10.0 Å². The van der Waals surface area contributed by atoms with Crippen LogP contribution >= 0.6 is 12.2 Å². The molecule has 2 atom stereocenters. The van der Waals surface area contributed by atoms with E-state index in [0.29, 0.717) is 10.8 Å². The summed E-state index contributed by atoms with van der Waals surface area (Å²) in [6.45, 7) is 1.86. The van der Waals surface area contributed by atoms with Gasteiger partial charge in [0.15, 0.2) is 5.11 Å². The SMILES string of the molecule is Cc1cc(N2C(=S)N[C@H](c3ccccn3)[C@@H]2c2cccn2-c2ccc(O)cc2)ccc1NS(C)(=O)=O. The third kappa shape index (κ3) is 4.65. The van der Waals surface area contributed by atoms with Crippen molar-refractivity contribution >= 4 is 38.7 Å². The van der Waals surface area contributed by atoms with E-state index in [0.717, 1.165) is 34.6 Å². The second-order valence-corrected chi connectivity index (χ2v) is 10.8. The first-order valence-electron chi connectivity index (χ1n) is 11.3. The quantitative estimate of drug-likeness (QED) is 0.324. The molecule has 1 aliphatic heterocycles. The molecule has 184 valence electrons. The molecule has 3 heterocycles. The number of thiocarbonyl (C=S) groups is 1. The highest BCUT2D eigenvalue weighted by molar-refractivity contribution is 7.92. The molecular weight excluding hydrogens is 494 g/mol. The van der Waals surface area contributed by atoms with Crippen LogP contribution in [0, 0.1) is 6.92 Å². The zero-order chi connectivity index (χ0) is 25.4. The fraction of sp³-hybridized carbons (Fsp3) is 0.154. The van der Waals surface area contributed by atoms with Gasteiger partial charge in [0.1, 0.15) is 11.8 Å². The lowest BCUT2D eigenvalue weighted by atomic mass is 10.0. The van der Waals surface area contributed by atoms with Gasteiger partial charge in [-0.15, -0.1) is 0 Å². The second kappa shape index (κ2) is 9.29. The van der Waals surface area contributed by atoms with Crippen molar-refractivity contribution in [1.29, 1.82) is 0 Å². The Balaban J connectivity index is 1.63. The molecule has 0 bridgehead atoms. The number of aromatic nitrogens is 2. The van der Waals surface area contributed by atoms with Gasteiger partial charge in [0.05, 0.1) is 23.7 Å². The molecule has 0 unspecified atom stereocenters. The highest BCUT2D eigenvalue weighted by atomic mass is 32.2. The lowest BCUT2D eigenvalue weighted by Crippen LogP contribution is -2.30. The standard InChI is InChI=1S/C26H25N5O3S2/c1-17-16-19(10-13-21(17)29-36(2,33)34)31-25(24(28-26(31)35)22-6-3-4-14-27-22)23-7-5-15-30(23)18-8-11-20(32)12-9-18/h3-16,24-25,29,32H,1-2H3,(H,28,35)/t24-,25+/m1/s1. The predicted octanol–water partition coefficient (Wildman–Crippen LogP) is 4.43. The molecule has 4 aromatic rings. The van der Waals surface area contributed by atoms with E-state index in [1.54, 1.807) is 24.4 Å². The Hall–Kier alpha value is -3.89. The molecule has 1 aliphatic rings.